The van der Waals surface area contributed by atoms with E-state index in [0.29, 0.717) is 0 Å². The minimum atomic E-state index is -4.07. The molecular weight excluding hydrogens is 364 g/mol. The number of halogens is 1. The molecule has 0 fully saturated rings. The molecule has 6 nitrogen and oxygen atoms in total. The van der Waals surface area contributed by atoms with Crippen molar-refractivity contribution in [2.24, 2.45) is 0 Å². The molecule has 0 aliphatic rings. The fourth-order valence-electron chi connectivity index (χ4n) is 1.74. The molecule has 0 heterocycles. The Hall–Kier alpha value is -1.77. The Labute approximate surface area is 139 Å². The number of ether oxygens (including phenoxy) is 1. The Morgan fingerprint density at radius 2 is 1.43 bits per heavy atom. The van der Waals surface area contributed by atoms with Crippen molar-refractivity contribution in [3.8, 4) is 11.5 Å². The molecule has 2 aromatic carbocycles. The molecule has 0 unspecified atom stereocenters. The number of aryl methyl sites for hydroxylation is 1. The monoisotopic (exact) mass is 376 g/mol. The summed E-state index contributed by atoms with van der Waals surface area (Å²) in [6.07, 6.45) is 0. The molecule has 0 aliphatic carbocycles. The van der Waals surface area contributed by atoms with Gasteiger partial charge in [0.2, 0.25) is 0 Å². The van der Waals surface area contributed by atoms with Crippen LogP contribution in [0.1, 0.15) is 5.56 Å². The summed E-state index contributed by atoms with van der Waals surface area (Å²) in [5.41, 5.74) is 0.901. The van der Waals surface area contributed by atoms with Gasteiger partial charge in [0.25, 0.3) is 9.05 Å². The van der Waals surface area contributed by atoms with Crippen molar-refractivity contribution >= 4 is 29.9 Å². The van der Waals surface area contributed by atoms with Crippen LogP contribution in [0, 0.1) is 6.92 Å². The van der Waals surface area contributed by atoms with E-state index in [-0.39, 0.29) is 21.3 Å². The molecule has 0 aliphatic heterocycles. The summed E-state index contributed by atoms with van der Waals surface area (Å²) in [7, 11) is -1.54. The molecule has 23 heavy (non-hydrogen) atoms. The van der Waals surface area contributed by atoms with Gasteiger partial charge < -0.3 is 8.92 Å². The first-order valence-corrected chi connectivity index (χ1v) is 9.99. The van der Waals surface area contributed by atoms with Crippen molar-refractivity contribution in [2.45, 2.75) is 16.7 Å². The van der Waals surface area contributed by atoms with Crippen molar-refractivity contribution < 1.29 is 25.8 Å². The Balaban J connectivity index is 2.41. The van der Waals surface area contributed by atoms with Gasteiger partial charge in [-0.3, -0.25) is 0 Å². The van der Waals surface area contributed by atoms with Crippen LogP contribution in [0.3, 0.4) is 0 Å². The SMILES string of the molecule is COc1cc(S(=O)(=O)Cl)ccc1OS(=O)(=O)c1ccc(C)cc1. The molecule has 0 saturated heterocycles. The van der Waals surface area contributed by atoms with E-state index in [1.807, 2.05) is 6.92 Å². The van der Waals surface area contributed by atoms with E-state index >= 15 is 0 Å². The van der Waals surface area contributed by atoms with E-state index in [4.69, 9.17) is 19.6 Å². The zero-order valence-electron chi connectivity index (χ0n) is 12.2. The number of hydrogen-bond acceptors (Lipinski definition) is 6. The van der Waals surface area contributed by atoms with Crippen LogP contribution in [-0.4, -0.2) is 23.9 Å². The highest BCUT2D eigenvalue weighted by Gasteiger charge is 2.21. The Kier molecular flexibility index (Phi) is 4.88. The maximum absolute atomic E-state index is 12.2. The third kappa shape index (κ3) is 4.15. The lowest BCUT2D eigenvalue weighted by atomic mass is 10.2. The second kappa shape index (κ2) is 6.38. The van der Waals surface area contributed by atoms with Gasteiger partial charge in [0, 0.05) is 16.7 Å². The van der Waals surface area contributed by atoms with Gasteiger partial charge in [-0.1, -0.05) is 17.7 Å². The largest absolute Gasteiger partial charge is 0.493 e. The topological polar surface area (TPSA) is 86.7 Å². The van der Waals surface area contributed by atoms with Crippen molar-refractivity contribution in [1.82, 2.24) is 0 Å². The molecular formula is C14H13ClO6S2. The van der Waals surface area contributed by atoms with E-state index in [2.05, 4.69) is 0 Å². The highest BCUT2D eigenvalue weighted by atomic mass is 35.7. The van der Waals surface area contributed by atoms with E-state index in [1.54, 1.807) is 12.1 Å². The molecule has 0 saturated carbocycles. The second-order valence-electron chi connectivity index (χ2n) is 4.60. The third-order valence-electron chi connectivity index (χ3n) is 2.93. The summed E-state index contributed by atoms with van der Waals surface area (Å²) in [4.78, 5) is -0.254. The minimum absolute atomic E-state index is 0.0285. The Morgan fingerprint density at radius 3 is 1.96 bits per heavy atom. The molecule has 2 rings (SSSR count). The fraction of sp³-hybridized carbons (Fsp3) is 0.143. The predicted molar refractivity (Wildman–Crippen MR) is 85.0 cm³/mol. The van der Waals surface area contributed by atoms with Gasteiger partial charge in [-0.05, 0) is 31.2 Å². The van der Waals surface area contributed by atoms with Crippen LogP contribution < -0.4 is 8.92 Å². The zero-order chi connectivity index (χ0) is 17.3. The van der Waals surface area contributed by atoms with Crippen LogP contribution in [-0.2, 0) is 19.2 Å². The molecule has 0 bridgehead atoms. The van der Waals surface area contributed by atoms with Gasteiger partial charge in [-0.25, -0.2) is 8.42 Å². The van der Waals surface area contributed by atoms with Crippen molar-refractivity contribution in [2.75, 3.05) is 7.11 Å². The van der Waals surface area contributed by atoms with Gasteiger partial charge in [0.1, 0.15) is 4.90 Å². The minimum Gasteiger partial charge on any atom is -0.493 e. The molecule has 0 radical (unpaired) electrons. The summed E-state index contributed by atoms with van der Waals surface area (Å²) in [6.45, 7) is 1.83. The molecule has 0 spiro atoms. The fourth-order valence-corrected chi connectivity index (χ4v) is 3.45. The first-order valence-electron chi connectivity index (χ1n) is 6.27. The number of benzene rings is 2. The number of rotatable bonds is 5. The van der Waals surface area contributed by atoms with Crippen molar-refractivity contribution in [3.63, 3.8) is 0 Å². The second-order valence-corrected chi connectivity index (χ2v) is 8.71. The van der Waals surface area contributed by atoms with E-state index in [1.165, 1.54) is 25.3 Å². The van der Waals surface area contributed by atoms with Crippen LogP contribution in [0.15, 0.2) is 52.3 Å². The number of hydrogen-bond donors (Lipinski definition) is 0. The summed E-state index contributed by atoms with van der Waals surface area (Å²) in [5, 5.41) is 0. The highest BCUT2D eigenvalue weighted by molar-refractivity contribution is 8.13. The molecule has 0 amide bonds. The summed E-state index contributed by atoms with van der Waals surface area (Å²) in [6, 6.07) is 9.48. The molecule has 2 aromatic rings. The smallest absolute Gasteiger partial charge is 0.339 e. The normalized spacial score (nSPS) is 12.0. The van der Waals surface area contributed by atoms with Gasteiger partial charge in [-0.15, -0.1) is 0 Å². The van der Waals surface area contributed by atoms with Crippen LogP contribution in [0.5, 0.6) is 11.5 Å². The summed E-state index contributed by atoms with van der Waals surface area (Å²) >= 11 is 0. The van der Waals surface area contributed by atoms with Gasteiger partial charge in [-0.2, -0.15) is 8.42 Å². The van der Waals surface area contributed by atoms with E-state index < -0.39 is 19.2 Å². The Bertz CT molecular complexity index is 918. The summed E-state index contributed by atoms with van der Waals surface area (Å²) in [5.74, 6) is -0.209. The zero-order valence-corrected chi connectivity index (χ0v) is 14.6. The quantitative estimate of drug-likeness (QED) is 0.589. The molecule has 124 valence electrons. The van der Waals surface area contributed by atoms with Crippen LogP contribution in [0.25, 0.3) is 0 Å². The van der Waals surface area contributed by atoms with Crippen LogP contribution >= 0.6 is 10.7 Å². The Morgan fingerprint density at radius 1 is 0.870 bits per heavy atom. The lowest BCUT2D eigenvalue weighted by Gasteiger charge is -2.11. The lowest BCUT2D eigenvalue weighted by molar-refractivity contribution is 0.389. The number of methoxy groups -OCH3 is 1. The van der Waals surface area contributed by atoms with Gasteiger partial charge in [0.15, 0.2) is 11.5 Å². The first kappa shape index (κ1) is 17.6. The third-order valence-corrected chi connectivity index (χ3v) is 5.53. The molecule has 0 N–H and O–H groups in total. The summed E-state index contributed by atoms with van der Waals surface area (Å²) < 4.78 is 57.1. The van der Waals surface area contributed by atoms with Crippen molar-refractivity contribution in [1.29, 1.82) is 0 Å². The molecule has 0 atom stereocenters. The average molecular weight is 377 g/mol. The van der Waals surface area contributed by atoms with Crippen LogP contribution in [0.2, 0.25) is 0 Å². The molecule has 9 heteroatoms. The lowest BCUT2D eigenvalue weighted by Crippen LogP contribution is -2.10. The van der Waals surface area contributed by atoms with Gasteiger partial charge >= 0.3 is 10.1 Å². The highest BCUT2D eigenvalue weighted by Crippen LogP contribution is 2.33. The average Bonchev–Trinajstić information content (AvgIpc) is 2.46. The van der Waals surface area contributed by atoms with E-state index in [9.17, 15) is 16.8 Å². The van der Waals surface area contributed by atoms with Crippen LogP contribution in [0.4, 0.5) is 0 Å². The van der Waals surface area contributed by atoms with Crippen molar-refractivity contribution in [3.05, 3.63) is 48.0 Å². The maximum Gasteiger partial charge on any atom is 0.339 e. The predicted octanol–water partition coefficient (Wildman–Crippen LogP) is 2.70. The maximum atomic E-state index is 12.2. The van der Waals surface area contributed by atoms with E-state index in [0.717, 1.165) is 17.7 Å². The standard InChI is InChI=1S/C14H13ClO6S2/c1-10-3-5-11(6-4-10)23(18,19)21-13-8-7-12(22(15,16)17)9-14(13)20-2/h3-9H,1-2H3. The first-order chi connectivity index (χ1) is 10.6. The molecule has 0 aromatic heterocycles. The van der Waals surface area contributed by atoms with Gasteiger partial charge in [0.05, 0.1) is 12.0 Å².